The highest BCUT2D eigenvalue weighted by Gasteiger charge is 2.15. The molecule has 1 atom stereocenters. The van der Waals surface area contributed by atoms with Crippen LogP contribution in [0.2, 0.25) is 0 Å². The normalized spacial score (nSPS) is 12.6. The van der Waals surface area contributed by atoms with E-state index in [0.29, 0.717) is 6.04 Å². The summed E-state index contributed by atoms with van der Waals surface area (Å²) in [5.41, 5.74) is 2.59. The molecule has 2 aromatic heterocycles. The minimum Gasteiger partial charge on any atom is -0.309 e. The predicted molar refractivity (Wildman–Crippen MR) is 85.7 cm³/mol. The molecule has 0 aliphatic rings. The van der Waals surface area contributed by atoms with Crippen LogP contribution in [0.4, 0.5) is 0 Å². The van der Waals surface area contributed by atoms with E-state index in [1.54, 1.807) is 0 Å². The van der Waals surface area contributed by atoms with Crippen LogP contribution in [0.1, 0.15) is 35.4 Å². The Balaban J connectivity index is 2.15. The predicted octanol–water partition coefficient (Wildman–Crippen LogP) is 4.50. The van der Waals surface area contributed by atoms with Gasteiger partial charge in [-0.3, -0.25) is 4.98 Å². The molecule has 0 aliphatic heterocycles. The zero-order chi connectivity index (χ0) is 13.7. The van der Waals surface area contributed by atoms with E-state index in [0.717, 1.165) is 19.4 Å². The van der Waals surface area contributed by atoms with Crippen molar-refractivity contribution in [1.29, 1.82) is 0 Å². The van der Waals surface area contributed by atoms with Gasteiger partial charge in [-0.1, -0.05) is 13.0 Å². The highest BCUT2D eigenvalue weighted by Crippen LogP contribution is 2.32. The van der Waals surface area contributed by atoms with Gasteiger partial charge in [0.2, 0.25) is 0 Å². The van der Waals surface area contributed by atoms with Crippen molar-refractivity contribution in [2.45, 2.75) is 32.7 Å². The van der Waals surface area contributed by atoms with Gasteiger partial charge in [0.25, 0.3) is 0 Å². The van der Waals surface area contributed by atoms with Crippen LogP contribution in [0.15, 0.2) is 34.4 Å². The lowest BCUT2D eigenvalue weighted by atomic mass is 10.1. The maximum absolute atomic E-state index is 4.20. The van der Waals surface area contributed by atoms with Crippen LogP contribution in [0, 0.1) is 6.92 Å². The van der Waals surface area contributed by atoms with Crippen LogP contribution in [-0.4, -0.2) is 11.5 Å². The largest absolute Gasteiger partial charge is 0.309 e. The molecule has 0 aliphatic carbocycles. The summed E-state index contributed by atoms with van der Waals surface area (Å²) < 4.78 is 1.23. The van der Waals surface area contributed by atoms with Gasteiger partial charge in [-0.15, -0.1) is 11.3 Å². The molecule has 0 bridgehead atoms. The van der Waals surface area contributed by atoms with Gasteiger partial charge in [-0.2, -0.15) is 0 Å². The zero-order valence-electron chi connectivity index (χ0n) is 11.3. The number of hydrogen-bond donors (Lipinski definition) is 1. The van der Waals surface area contributed by atoms with Crippen molar-refractivity contribution < 1.29 is 0 Å². The Bertz CT molecular complexity index is 491. The number of thiophene rings is 1. The van der Waals surface area contributed by atoms with Crippen molar-refractivity contribution in [1.82, 2.24) is 10.3 Å². The topological polar surface area (TPSA) is 24.9 Å². The first-order chi connectivity index (χ1) is 9.20. The molecule has 0 spiro atoms. The summed E-state index contributed by atoms with van der Waals surface area (Å²) in [4.78, 5) is 5.59. The molecule has 1 unspecified atom stereocenters. The molecule has 0 saturated carbocycles. The van der Waals surface area contributed by atoms with Crippen LogP contribution in [-0.2, 0) is 6.42 Å². The molecule has 0 fully saturated rings. The second-order valence-electron chi connectivity index (χ2n) is 4.68. The van der Waals surface area contributed by atoms with Crippen molar-refractivity contribution in [3.05, 3.63) is 50.4 Å². The minimum atomic E-state index is 0.374. The van der Waals surface area contributed by atoms with Crippen LogP contribution in [0.25, 0.3) is 0 Å². The van der Waals surface area contributed by atoms with Crippen LogP contribution < -0.4 is 5.32 Å². The van der Waals surface area contributed by atoms with Crippen LogP contribution in [0.3, 0.4) is 0 Å². The van der Waals surface area contributed by atoms with Crippen molar-refractivity contribution in [3.63, 3.8) is 0 Å². The first-order valence-electron chi connectivity index (χ1n) is 6.58. The highest BCUT2D eigenvalue weighted by molar-refractivity contribution is 9.11. The van der Waals surface area contributed by atoms with E-state index in [9.17, 15) is 0 Å². The summed E-state index contributed by atoms with van der Waals surface area (Å²) in [5.74, 6) is 0. The molecule has 2 aromatic rings. The molecule has 0 amide bonds. The third-order valence-corrected chi connectivity index (χ3v) is 5.27. The van der Waals surface area contributed by atoms with E-state index in [4.69, 9.17) is 0 Å². The standard InChI is InChI=1S/C15H19BrN2S/c1-3-6-18-13(9-12-5-4-7-17-10-12)14-8-11(2)15(16)19-14/h4-5,7-8,10,13,18H,3,6,9H2,1-2H3. The van der Waals surface area contributed by atoms with Crippen molar-refractivity contribution in [2.75, 3.05) is 6.54 Å². The minimum absolute atomic E-state index is 0.374. The molecule has 2 heterocycles. The molecule has 2 nitrogen and oxygen atoms in total. The molecule has 0 aromatic carbocycles. The fraction of sp³-hybridized carbons (Fsp3) is 0.400. The Labute approximate surface area is 127 Å². The first-order valence-corrected chi connectivity index (χ1v) is 8.19. The smallest absolute Gasteiger partial charge is 0.0731 e. The second kappa shape index (κ2) is 7.17. The molecule has 1 N–H and O–H groups in total. The summed E-state index contributed by atoms with van der Waals surface area (Å²) >= 11 is 5.44. The maximum Gasteiger partial charge on any atom is 0.0731 e. The fourth-order valence-corrected chi connectivity index (χ4v) is 3.65. The maximum atomic E-state index is 4.20. The molecule has 19 heavy (non-hydrogen) atoms. The van der Waals surface area contributed by atoms with E-state index in [-0.39, 0.29) is 0 Å². The van der Waals surface area contributed by atoms with Crippen LogP contribution >= 0.6 is 27.3 Å². The molecule has 0 radical (unpaired) electrons. The highest BCUT2D eigenvalue weighted by atomic mass is 79.9. The summed E-state index contributed by atoms with van der Waals surface area (Å²) in [6, 6.07) is 6.79. The Morgan fingerprint density at radius 2 is 2.32 bits per heavy atom. The number of hydrogen-bond acceptors (Lipinski definition) is 3. The Morgan fingerprint density at radius 1 is 1.47 bits per heavy atom. The molecule has 4 heteroatoms. The molecular formula is C15H19BrN2S. The van der Waals surface area contributed by atoms with E-state index in [1.807, 2.05) is 29.8 Å². The van der Waals surface area contributed by atoms with Gasteiger partial charge >= 0.3 is 0 Å². The summed E-state index contributed by atoms with van der Waals surface area (Å²) in [6.07, 6.45) is 5.91. The number of nitrogens with one attached hydrogen (secondary N) is 1. The lowest BCUT2D eigenvalue weighted by Crippen LogP contribution is -2.23. The summed E-state index contributed by atoms with van der Waals surface area (Å²) in [7, 11) is 0. The van der Waals surface area contributed by atoms with Gasteiger partial charge in [0.05, 0.1) is 3.79 Å². The summed E-state index contributed by atoms with van der Waals surface area (Å²) in [5, 5.41) is 3.64. The number of aryl methyl sites for hydroxylation is 1. The van der Waals surface area contributed by atoms with Gasteiger partial charge < -0.3 is 5.32 Å². The quantitative estimate of drug-likeness (QED) is 0.838. The number of pyridine rings is 1. The Hall–Kier alpha value is -0.710. The number of aromatic nitrogens is 1. The average Bonchev–Trinajstić information content (AvgIpc) is 2.76. The van der Waals surface area contributed by atoms with E-state index in [1.165, 1.54) is 19.8 Å². The van der Waals surface area contributed by atoms with E-state index >= 15 is 0 Å². The number of halogens is 1. The lowest BCUT2D eigenvalue weighted by molar-refractivity contribution is 0.536. The number of rotatable bonds is 6. The third-order valence-electron chi connectivity index (χ3n) is 3.02. The van der Waals surface area contributed by atoms with Gasteiger partial charge in [-0.05, 0) is 65.5 Å². The Morgan fingerprint density at radius 3 is 2.89 bits per heavy atom. The average molecular weight is 339 g/mol. The van der Waals surface area contributed by atoms with E-state index < -0.39 is 0 Å². The Kier molecular flexibility index (Phi) is 5.55. The van der Waals surface area contributed by atoms with E-state index in [2.05, 4.69) is 52.2 Å². The van der Waals surface area contributed by atoms with Crippen LogP contribution in [0.5, 0.6) is 0 Å². The van der Waals surface area contributed by atoms with Gasteiger partial charge in [0.15, 0.2) is 0 Å². The van der Waals surface area contributed by atoms with Crippen molar-refractivity contribution in [3.8, 4) is 0 Å². The molecule has 102 valence electrons. The van der Waals surface area contributed by atoms with Gasteiger partial charge in [-0.25, -0.2) is 0 Å². The van der Waals surface area contributed by atoms with Gasteiger partial charge in [0, 0.05) is 23.3 Å². The molecular weight excluding hydrogens is 320 g/mol. The lowest BCUT2D eigenvalue weighted by Gasteiger charge is -2.17. The fourth-order valence-electron chi connectivity index (χ4n) is 2.00. The SMILES string of the molecule is CCCNC(Cc1cccnc1)c1cc(C)c(Br)s1. The molecule has 2 rings (SSSR count). The van der Waals surface area contributed by atoms with Crippen molar-refractivity contribution >= 4 is 27.3 Å². The monoisotopic (exact) mass is 338 g/mol. The third kappa shape index (κ3) is 4.13. The van der Waals surface area contributed by atoms with Gasteiger partial charge in [0.1, 0.15) is 0 Å². The second-order valence-corrected chi connectivity index (χ2v) is 7.08. The zero-order valence-corrected chi connectivity index (χ0v) is 13.7. The molecule has 0 saturated heterocycles. The first kappa shape index (κ1) is 14.7. The number of nitrogens with zero attached hydrogens (tertiary/aromatic N) is 1. The van der Waals surface area contributed by atoms with Crippen molar-refractivity contribution in [2.24, 2.45) is 0 Å². The summed E-state index contributed by atoms with van der Waals surface area (Å²) in [6.45, 7) is 5.38.